The Hall–Kier alpha value is -4.45. The fourth-order valence-corrected chi connectivity index (χ4v) is 5.81. The molecule has 2 amide bonds. The summed E-state index contributed by atoms with van der Waals surface area (Å²) >= 11 is 0. The van der Waals surface area contributed by atoms with Crippen molar-refractivity contribution in [1.29, 1.82) is 0 Å². The second-order valence-electron chi connectivity index (χ2n) is 9.64. The maximum Gasteiger partial charge on any atom is 0.318 e. The van der Waals surface area contributed by atoms with Gasteiger partial charge in [0.1, 0.15) is 0 Å². The van der Waals surface area contributed by atoms with Crippen LogP contribution in [0.5, 0.6) is 11.5 Å². The Kier molecular flexibility index (Phi) is 5.24. The van der Waals surface area contributed by atoms with Crippen molar-refractivity contribution >= 4 is 27.7 Å². The van der Waals surface area contributed by atoms with Gasteiger partial charge in [-0.05, 0) is 58.5 Å². The number of nitrogens with one attached hydrogen (secondary N) is 2. The number of rotatable bonds is 4. The predicted octanol–water partition coefficient (Wildman–Crippen LogP) is 5.95. The van der Waals surface area contributed by atoms with Crippen LogP contribution in [0.4, 0.5) is 4.79 Å². The molecule has 5 aromatic rings. The molecule has 1 atom stereocenters. The van der Waals surface area contributed by atoms with E-state index in [1.165, 1.54) is 27.3 Å². The molecule has 6 heteroatoms. The Labute approximate surface area is 214 Å². The van der Waals surface area contributed by atoms with Crippen molar-refractivity contribution in [2.75, 3.05) is 19.9 Å². The lowest BCUT2D eigenvalue weighted by Gasteiger charge is -2.36. The van der Waals surface area contributed by atoms with Gasteiger partial charge in [0.2, 0.25) is 6.79 Å². The summed E-state index contributed by atoms with van der Waals surface area (Å²) in [5.74, 6) is 1.46. The average molecular weight is 490 g/mol. The number of hydrogen-bond acceptors (Lipinski definition) is 3. The third kappa shape index (κ3) is 3.76. The molecular formula is C31H27N3O3. The molecule has 0 aliphatic carbocycles. The van der Waals surface area contributed by atoms with Gasteiger partial charge in [-0.25, -0.2) is 4.79 Å². The molecule has 4 aromatic carbocycles. The van der Waals surface area contributed by atoms with Crippen molar-refractivity contribution in [2.24, 2.45) is 0 Å². The maximum atomic E-state index is 13.6. The molecule has 2 aliphatic rings. The number of carbonyl (C=O) groups is 1. The summed E-state index contributed by atoms with van der Waals surface area (Å²) in [4.78, 5) is 19.2. The van der Waals surface area contributed by atoms with Gasteiger partial charge < -0.3 is 24.7 Å². The number of fused-ring (bicyclic) bond motifs is 5. The summed E-state index contributed by atoms with van der Waals surface area (Å²) in [7, 11) is 0. The third-order valence-electron chi connectivity index (χ3n) is 7.56. The molecule has 0 saturated carbocycles. The minimum Gasteiger partial charge on any atom is -0.454 e. The minimum atomic E-state index is -0.247. The molecule has 6 nitrogen and oxygen atoms in total. The highest BCUT2D eigenvalue weighted by Gasteiger charge is 2.35. The number of nitrogens with zero attached hydrogens (tertiary/aromatic N) is 1. The molecular weight excluding hydrogens is 462 g/mol. The molecule has 0 saturated heterocycles. The zero-order chi connectivity index (χ0) is 24.8. The normalized spacial score (nSPS) is 16.2. The number of hydrogen-bond donors (Lipinski definition) is 2. The van der Waals surface area contributed by atoms with E-state index in [0.29, 0.717) is 13.1 Å². The predicted molar refractivity (Wildman–Crippen MR) is 144 cm³/mol. The van der Waals surface area contributed by atoms with E-state index in [9.17, 15) is 4.79 Å². The molecule has 0 fully saturated rings. The van der Waals surface area contributed by atoms with E-state index in [1.807, 2.05) is 29.2 Å². The highest BCUT2D eigenvalue weighted by Crippen LogP contribution is 2.42. The van der Waals surface area contributed by atoms with Crippen LogP contribution in [0.2, 0.25) is 0 Å². The number of H-pyrrole nitrogens is 1. The highest BCUT2D eigenvalue weighted by atomic mass is 16.7. The number of aromatic amines is 1. The number of benzene rings is 4. The second kappa shape index (κ2) is 8.89. The second-order valence-corrected chi connectivity index (χ2v) is 9.64. The molecule has 2 aliphatic heterocycles. The van der Waals surface area contributed by atoms with E-state index >= 15 is 0 Å². The van der Waals surface area contributed by atoms with Crippen molar-refractivity contribution in [3.05, 3.63) is 107 Å². The molecule has 1 aromatic heterocycles. The summed E-state index contributed by atoms with van der Waals surface area (Å²) in [5.41, 5.74) is 5.67. The molecule has 0 radical (unpaired) electrons. The van der Waals surface area contributed by atoms with Gasteiger partial charge in [-0.2, -0.15) is 0 Å². The zero-order valence-corrected chi connectivity index (χ0v) is 20.4. The number of carbonyl (C=O) groups excluding carboxylic acids is 1. The lowest BCUT2D eigenvalue weighted by molar-refractivity contribution is 0.173. The van der Waals surface area contributed by atoms with E-state index in [2.05, 4.69) is 71.0 Å². The van der Waals surface area contributed by atoms with Crippen molar-refractivity contribution in [2.45, 2.75) is 18.9 Å². The standard InChI is InChI=1S/C31H27N3O3/c35-31(32-16-14-21-8-5-7-20-6-1-2-9-23(20)21)34-17-15-25-24-10-3-4-11-26(24)33-29(25)30(34)22-12-13-27-28(18-22)37-19-36-27/h1-13,18,30,33H,14-17,19H2,(H,32,35). The van der Waals surface area contributed by atoms with Gasteiger partial charge in [-0.3, -0.25) is 0 Å². The summed E-state index contributed by atoms with van der Waals surface area (Å²) in [6, 6.07) is 28.8. The van der Waals surface area contributed by atoms with Gasteiger partial charge in [0.25, 0.3) is 0 Å². The topological polar surface area (TPSA) is 66.6 Å². The van der Waals surface area contributed by atoms with E-state index in [4.69, 9.17) is 9.47 Å². The summed E-state index contributed by atoms with van der Waals surface area (Å²) in [5, 5.41) is 6.87. The molecule has 7 rings (SSSR count). The molecule has 1 unspecified atom stereocenters. The van der Waals surface area contributed by atoms with Crippen molar-refractivity contribution < 1.29 is 14.3 Å². The number of aromatic nitrogens is 1. The fourth-order valence-electron chi connectivity index (χ4n) is 5.81. The number of amides is 2. The largest absolute Gasteiger partial charge is 0.454 e. The van der Waals surface area contributed by atoms with Crippen LogP contribution in [0.15, 0.2) is 84.9 Å². The smallest absolute Gasteiger partial charge is 0.318 e. The fraction of sp³-hybridized carbons (Fsp3) is 0.194. The maximum absolute atomic E-state index is 13.6. The number of urea groups is 1. The number of para-hydroxylation sites is 1. The molecule has 37 heavy (non-hydrogen) atoms. The van der Waals surface area contributed by atoms with Gasteiger partial charge in [-0.1, -0.05) is 66.7 Å². The first kappa shape index (κ1) is 21.8. The van der Waals surface area contributed by atoms with Crippen molar-refractivity contribution in [3.8, 4) is 11.5 Å². The van der Waals surface area contributed by atoms with Crippen LogP contribution in [0.25, 0.3) is 21.7 Å². The van der Waals surface area contributed by atoms with Crippen LogP contribution in [-0.4, -0.2) is 35.8 Å². The molecule has 3 heterocycles. The Morgan fingerprint density at radius 2 is 1.73 bits per heavy atom. The van der Waals surface area contributed by atoms with E-state index in [0.717, 1.165) is 41.1 Å². The summed E-state index contributed by atoms with van der Waals surface area (Å²) in [6.07, 6.45) is 1.57. The van der Waals surface area contributed by atoms with Crippen molar-refractivity contribution in [3.63, 3.8) is 0 Å². The van der Waals surface area contributed by atoms with Gasteiger partial charge in [-0.15, -0.1) is 0 Å². The Balaban J connectivity index is 1.19. The zero-order valence-electron chi connectivity index (χ0n) is 20.4. The van der Waals surface area contributed by atoms with Gasteiger partial charge >= 0.3 is 6.03 Å². The minimum absolute atomic E-state index is 0.0628. The molecule has 0 bridgehead atoms. The van der Waals surface area contributed by atoms with Gasteiger partial charge in [0.05, 0.1) is 6.04 Å². The monoisotopic (exact) mass is 489 g/mol. The van der Waals surface area contributed by atoms with Crippen LogP contribution >= 0.6 is 0 Å². The highest BCUT2D eigenvalue weighted by molar-refractivity contribution is 5.87. The quantitative estimate of drug-likeness (QED) is 0.328. The lowest BCUT2D eigenvalue weighted by atomic mass is 9.92. The van der Waals surface area contributed by atoms with Crippen LogP contribution < -0.4 is 14.8 Å². The Bertz CT molecular complexity index is 1630. The first-order valence-electron chi connectivity index (χ1n) is 12.8. The molecule has 184 valence electrons. The van der Waals surface area contributed by atoms with Gasteiger partial charge in [0.15, 0.2) is 11.5 Å². The summed E-state index contributed by atoms with van der Waals surface area (Å²) in [6.45, 7) is 1.42. The average Bonchev–Trinajstić information content (AvgIpc) is 3.56. The van der Waals surface area contributed by atoms with Crippen molar-refractivity contribution in [1.82, 2.24) is 15.2 Å². The Morgan fingerprint density at radius 1 is 0.919 bits per heavy atom. The molecule has 0 spiro atoms. The first-order chi connectivity index (χ1) is 18.3. The van der Waals surface area contributed by atoms with Crippen LogP contribution in [0.3, 0.4) is 0 Å². The van der Waals surface area contributed by atoms with Gasteiger partial charge in [0, 0.05) is 29.7 Å². The number of ether oxygens (including phenoxy) is 2. The summed E-state index contributed by atoms with van der Waals surface area (Å²) < 4.78 is 11.2. The molecule has 2 N–H and O–H groups in total. The van der Waals surface area contributed by atoms with Crippen LogP contribution in [0, 0.1) is 0 Å². The third-order valence-corrected chi connectivity index (χ3v) is 7.56. The first-order valence-corrected chi connectivity index (χ1v) is 12.8. The van der Waals surface area contributed by atoms with E-state index in [1.54, 1.807) is 0 Å². The van der Waals surface area contributed by atoms with E-state index < -0.39 is 0 Å². The lowest BCUT2D eigenvalue weighted by Crippen LogP contribution is -2.46. The van der Waals surface area contributed by atoms with Crippen LogP contribution in [-0.2, 0) is 12.8 Å². The van der Waals surface area contributed by atoms with E-state index in [-0.39, 0.29) is 18.9 Å². The Morgan fingerprint density at radius 3 is 2.68 bits per heavy atom. The van der Waals surface area contributed by atoms with Crippen LogP contribution in [0.1, 0.15) is 28.4 Å². The SMILES string of the molecule is O=C(NCCc1cccc2ccccc12)N1CCc2c([nH]c3ccccc23)C1c1ccc2c(c1)OCO2.